The molecular weight excluding hydrogens is 162 g/mol. The topological polar surface area (TPSA) is 39.2 Å². The minimum atomic E-state index is 0.450. The molecule has 0 spiro atoms. The second-order valence-corrected chi connectivity index (χ2v) is 3.96. The third-order valence-electron chi connectivity index (χ3n) is 2.99. The Bertz CT molecular complexity index is 314. The Kier molecular flexibility index (Phi) is 2.16. The molecule has 1 aromatic rings. The number of nitrogens with two attached hydrogens (primary N) is 1. The summed E-state index contributed by atoms with van der Waals surface area (Å²) in [5.41, 5.74) is 8.52. The first-order valence-corrected chi connectivity index (χ1v) is 5.05. The number of furan rings is 1. The molecule has 0 radical (unpaired) electrons. The van der Waals surface area contributed by atoms with E-state index in [4.69, 9.17) is 10.2 Å². The van der Waals surface area contributed by atoms with Gasteiger partial charge in [0.05, 0.1) is 0 Å². The molecular formula is C11H17NO. The van der Waals surface area contributed by atoms with Gasteiger partial charge in [-0.3, -0.25) is 0 Å². The van der Waals surface area contributed by atoms with Gasteiger partial charge in [-0.2, -0.15) is 0 Å². The first kappa shape index (κ1) is 8.82. The summed E-state index contributed by atoms with van der Waals surface area (Å²) in [5, 5.41) is 0. The molecule has 0 aromatic carbocycles. The average molecular weight is 179 g/mol. The van der Waals surface area contributed by atoms with Crippen molar-refractivity contribution >= 4 is 0 Å². The van der Waals surface area contributed by atoms with Crippen LogP contribution >= 0.6 is 0 Å². The zero-order valence-electron chi connectivity index (χ0n) is 8.39. The fraction of sp³-hybridized carbons (Fsp3) is 0.636. The van der Waals surface area contributed by atoms with Gasteiger partial charge < -0.3 is 10.2 Å². The second kappa shape index (κ2) is 3.18. The van der Waals surface area contributed by atoms with Crippen LogP contribution in [0.5, 0.6) is 0 Å². The molecule has 0 fully saturated rings. The maximum Gasteiger partial charge on any atom is 0.107 e. The first-order chi connectivity index (χ1) is 6.24. The van der Waals surface area contributed by atoms with Crippen molar-refractivity contribution in [3.05, 3.63) is 22.6 Å². The molecule has 1 aliphatic rings. The highest BCUT2D eigenvalue weighted by molar-refractivity contribution is 5.38. The fourth-order valence-corrected chi connectivity index (χ4v) is 2.33. The number of aryl methyl sites for hydroxylation is 2. The number of rotatable bonds is 2. The molecule has 2 nitrogen and oxygen atoms in total. The van der Waals surface area contributed by atoms with Crippen molar-refractivity contribution in [1.82, 2.24) is 0 Å². The largest absolute Gasteiger partial charge is 0.466 e. The van der Waals surface area contributed by atoms with Gasteiger partial charge >= 0.3 is 0 Å². The highest BCUT2D eigenvalue weighted by Crippen LogP contribution is 2.34. The van der Waals surface area contributed by atoms with E-state index in [-0.39, 0.29) is 0 Å². The van der Waals surface area contributed by atoms with E-state index in [1.807, 2.05) is 0 Å². The Balaban J connectivity index is 2.43. The molecule has 1 heterocycles. The maximum atomic E-state index is 5.72. The summed E-state index contributed by atoms with van der Waals surface area (Å²) in [6.45, 7) is 4.95. The molecule has 1 aliphatic carbocycles. The Labute approximate surface area is 79.1 Å². The third kappa shape index (κ3) is 1.29. The molecule has 0 saturated heterocycles. The van der Waals surface area contributed by atoms with E-state index in [0.29, 0.717) is 12.5 Å². The van der Waals surface area contributed by atoms with Gasteiger partial charge in [0.15, 0.2) is 0 Å². The van der Waals surface area contributed by atoms with Gasteiger partial charge in [-0.15, -0.1) is 0 Å². The van der Waals surface area contributed by atoms with E-state index in [1.165, 1.54) is 29.7 Å². The minimum Gasteiger partial charge on any atom is -0.466 e. The molecule has 2 heteroatoms. The van der Waals surface area contributed by atoms with Crippen LogP contribution in [0.1, 0.15) is 41.9 Å². The van der Waals surface area contributed by atoms with E-state index >= 15 is 0 Å². The molecule has 13 heavy (non-hydrogen) atoms. The predicted octanol–water partition coefficient (Wildman–Crippen LogP) is 2.14. The first-order valence-electron chi connectivity index (χ1n) is 5.05. The maximum absolute atomic E-state index is 5.72. The fourth-order valence-electron chi connectivity index (χ4n) is 2.33. The summed E-state index contributed by atoms with van der Waals surface area (Å²) in [7, 11) is 0. The van der Waals surface area contributed by atoms with Gasteiger partial charge in [-0.25, -0.2) is 0 Å². The second-order valence-electron chi connectivity index (χ2n) is 3.96. The van der Waals surface area contributed by atoms with Crippen LogP contribution in [0.25, 0.3) is 0 Å². The van der Waals surface area contributed by atoms with Crippen molar-refractivity contribution in [3.8, 4) is 0 Å². The van der Waals surface area contributed by atoms with Crippen LogP contribution in [-0.2, 0) is 12.8 Å². The van der Waals surface area contributed by atoms with E-state index in [1.54, 1.807) is 0 Å². The SMILES string of the molecule is Cc1oc2c(c1C(C)CN)CCC2. The summed E-state index contributed by atoms with van der Waals surface area (Å²) in [5.74, 6) is 2.75. The summed E-state index contributed by atoms with van der Waals surface area (Å²) in [6.07, 6.45) is 3.55. The Morgan fingerprint density at radius 1 is 1.46 bits per heavy atom. The molecule has 0 aliphatic heterocycles. The molecule has 1 atom stereocenters. The molecule has 0 saturated carbocycles. The Morgan fingerprint density at radius 3 is 2.92 bits per heavy atom. The van der Waals surface area contributed by atoms with Gasteiger partial charge in [0.2, 0.25) is 0 Å². The number of hydrogen-bond donors (Lipinski definition) is 1. The van der Waals surface area contributed by atoms with Crippen LogP contribution in [0.15, 0.2) is 4.42 Å². The zero-order valence-corrected chi connectivity index (χ0v) is 8.39. The highest BCUT2D eigenvalue weighted by atomic mass is 16.3. The number of fused-ring (bicyclic) bond motifs is 1. The van der Waals surface area contributed by atoms with Crippen LogP contribution < -0.4 is 5.73 Å². The third-order valence-corrected chi connectivity index (χ3v) is 2.99. The van der Waals surface area contributed by atoms with Crippen molar-refractivity contribution in [1.29, 1.82) is 0 Å². The summed E-state index contributed by atoms with van der Waals surface area (Å²) in [4.78, 5) is 0. The lowest BCUT2D eigenvalue weighted by atomic mass is 9.96. The summed E-state index contributed by atoms with van der Waals surface area (Å²) in [6, 6.07) is 0. The molecule has 0 amide bonds. The Hall–Kier alpha value is -0.760. The van der Waals surface area contributed by atoms with Gasteiger partial charge in [0.1, 0.15) is 11.5 Å². The van der Waals surface area contributed by atoms with Crippen LogP contribution in [-0.4, -0.2) is 6.54 Å². The normalized spacial score (nSPS) is 17.5. The molecule has 1 aromatic heterocycles. The van der Waals surface area contributed by atoms with Crippen LogP contribution in [0.2, 0.25) is 0 Å². The van der Waals surface area contributed by atoms with Gasteiger partial charge in [-0.05, 0) is 37.8 Å². The molecule has 2 N–H and O–H groups in total. The predicted molar refractivity (Wildman–Crippen MR) is 52.9 cm³/mol. The van der Waals surface area contributed by atoms with Gasteiger partial charge in [0.25, 0.3) is 0 Å². The van der Waals surface area contributed by atoms with E-state index in [2.05, 4.69) is 13.8 Å². The van der Waals surface area contributed by atoms with Crippen LogP contribution in [0, 0.1) is 6.92 Å². The quantitative estimate of drug-likeness (QED) is 0.755. The Morgan fingerprint density at radius 2 is 2.23 bits per heavy atom. The van der Waals surface area contributed by atoms with Crippen molar-refractivity contribution in [2.75, 3.05) is 6.54 Å². The molecule has 72 valence electrons. The monoisotopic (exact) mass is 179 g/mol. The van der Waals surface area contributed by atoms with Crippen LogP contribution in [0.3, 0.4) is 0 Å². The lowest BCUT2D eigenvalue weighted by Gasteiger charge is -2.08. The molecule has 2 rings (SSSR count). The van der Waals surface area contributed by atoms with E-state index in [9.17, 15) is 0 Å². The van der Waals surface area contributed by atoms with Crippen molar-refractivity contribution < 1.29 is 4.42 Å². The zero-order chi connectivity index (χ0) is 9.42. The highest BCUT2D eigenvalue weighted by Gasteiger charge is 2.24. The lowest BCUT2D eigenvalue weighted by Crippen LogP contribution is -2.10. The molecule has 1 unspecified atom stereocenters. The van der Waals surface area contributed by atoms with Gasteiger partial charge in [0, 0.05) is 12.0 Å². The van der Waals surface area contributed by atoms with E-state index in [0.717, 1.165) is 12.2 Å². The van der Waals surface area contributed by atoms with Crippen molar-refractivity contribution in [3.63, 3.8) is 0 Å². The average Bonchev–Trinajstić information content (AvgIpc) is 2.62. The lowest BCUT2D eigenvalue weighted by molar-refractivity contribution is 0.482. The van der Waals surface area contributed by atoms with Gasteiger partial charge in [-0.1, -0.05) is 6.92 Å². The van der Waals surface area contributed by atoms with Crippen LogP contribution in [0.4, 0.5) is 0 Å². The van der Waals surface area contributed by atoms with Crippen molar-refractivity contribution in [2.24, 2.45) is 5.73 Å². The summed E-state index contributed by atoms with van der Waals surface area (Å²) >= 11 is 0. The number of hydrogen-bond acceptors (Lipinski definition) is 2. The van der Waals surface area contributed by atoms with Crippen molar-refractivity contribution in [2.45, 2.75) is 39.0 Å². The minimum absolute atomic E-state index is 0.450. The molecule has 0 bridgehead atoms. The van der Waals surface area contributed by atoms with E-state index < -0.39 is 0 Å². The smallest absolute Gasteiger partial charge is 0.107 e. The summed E-state index contributed by atoms with van der Waals surface area (Å²) < 4.78 is 5.72. The standard InChI is InChI=1S/C11H17NO/c1-7(6-12)11-8(2)13-10-5-3-4-9(10)11/h7H,3-6,12H2,1-2H3.